The summed E-state index contributed by atoms with van der Waals surface area (Å²) in [5, 5.41) is 17.3. The molecule has 0 bridgehead atoms. The Morgan fingerprint density at radius 3 is 2.10 bits per heavy atom. The van der Waals surface area contributed by atoms with Crippen LogP contribution in [-0.4, -0.2) is 17.7 Å². The molecule has 0 radical (unpaired) electrons. The van der Waals surface area contributed by atoms with E-state index in [2.05, 4.69) is 6.07 Å². The zero-order chi connectivity index (χ0) is 14.4. The lowest BCUT2D eigenvalue weighted by molar-refractivity contribution is -0.137. The summed E-state index contributed by atoms with van der Waals surface area (Å²) < 4.78 is 5.32. The number of benzene rings is 2. The molecule has 0 saturated carbocycles. The zero-order valence-electron chi connectivity index (χ0n) is 10.7. The van der Waals surface area contributed by atoms with Gasteiger partial charge in [-0.3, -0.25) is 4.79 Å². The largest absolute Gasteiger partial charge is 0.493 e. The van der Waals surface area contributed by atoms with Gasteiger partial charge in [0.1, 0.15) is 5.75 Å². The summed E-state index contributed by atoms with van der Waals surface area (Å²) in [5.41, 5.74) is 2.66. The predicted octanol–water partition coefficient (Wildman–Crippen LogP) is 3.08. The SMILES string of the molecule is N#Cc1ccc(-c2ccc(OCCC(=O)O)cc2)cc1. The third-order valence-corrected chi connectivity index (χ3v) is 2.79. The van der Waals surface area contributed by atoms with Crippen LogP contribution in [0.1, 0.15) is 12.0 Å². The van der Waals surface area contributed by atoms with Crippen molar-refractivity contribution < 1.29 is 14.6 Å². The molecule has 0 unspecified atom stereocenters. The number of rotatable bonds is 5. The first-order valence-corrected chi connectivity index (χ1v) is 6.14. The summed E-state index contributed by atoms with van der Waals surface area (Å²) in [6, 6.07) is 16.8. The van der Waals surface area contributed by atoms with E-state index in [1.807, 2.05) is 24.3 Å². The van der Waals surface area contributed by atoms with Crippen LogP contribution in [0.5, 0.6) is 5.75 Å². The summed E-state index contributed by atoms with van der Waals surface area (Å²) in [7, 11) is 0. The second kappa shape index (κ2) is 6.39. The van der Waals surface area contributed by atoms with Gasteiger partial charge < -0.3 is 9.84 Å². The highest BCUT2D eigenvalue weighted by atomic mass is 16.5. The van der Waals surface area contributed by atoms with E-state index in [-0.39, 0.29) is 13.0 Å². The van der Waals surface area contributed by atoms with E-state index in [4.69, 9.17) is 15.1 Å². The van der Waals surface area contributed by atoms with E-state index in [1.54, 1.807) is 24.3 Å². The fourth-order valence-corrected chi connectivity index (χ4v) is 1.74. The van der Waals surface area contributed by atoms with Crippen molar-refractivity contribution in [3.8, 4) is 22.9 Å². The molecule has 0 spiro atoms. The number of carboxylic acids is 1. The molecular weight excluding hydrogens is 254 g/mol. The highest BCUT2D eigenvalue weighted by Crippen LogP contribution is 2.22. The van der Waals surface area contributed by atoms with Crippen LogP contribution in [0.15, 0.2) is 48.5 Å². The minimum atomic E-state index is -0.876. The molecule has 1 N–H and O–H groups in total. The van der Waals surface area contributed by atoms with Gasteiger partial charge in [-0.1, -0.05) is 24.3 Å². The van der Waals surface area contributed by atoms with Crippen molar-refractivity contribution >= 4 is 5.97 Å². The lowest BCUT2D eigenvalue weighted by atomic mass is 10.0. The normalized spacial score (nSPS) is 9.75. The highest BCUT2D eigenvalue weighted by molar-refractivity contribution is 5.67. The number of carboxylic acid groups (broad SMARTS) is 1. The minimum absolute atomic E-state index is 0.0165. The molecule has 0 saturated heterocycles. The number of carbonyl (C=O) groups is 1. The fraction of sp³-hybridized carbons (Fsp3) is 0.125. The van der Waals surface area contributed by atoms with Crippen LogP contribution in [-0.2, 0) is 4.79 Å². The van der Waals surface area contributed by atoms with Crippen LogP contribution in [0, 0.1) is 11.3 Å². The van der Waals surface area contributed by atoms with Crippen molar-refractivity contribution in [2.24, 2.45) is 0 Å². The maximum atomic E-state index is 10.4. The molecule has 0 amide bonds. The maximum Gasteiger partial charge on any atom is 0.306 e. The van der Waals surface area contributed by atoms with E-state index in [0.29, 0.717) is 11.3 Å². The molecule has 0 aliphatic carbocycles. The lowest BCUT2D eigenvalue weighted by Gasteiger charge is -2.06. The molecule has 0 atom stereocenters. The molecule has 0 aliphatic heterocycles. The van der Waals surface area contributed by atoms with Gasteiger partial charge >= 0.3 is 5.97 Å². The smallest absolute Gasteiger partial charge is 0.306 e. The Hall–Kier alpha value is -2.80. The van der Waals surface area contributed by atoms with Crippen molar-refractivity contribution in [2.45, 2.75) is 6.42 Å². The zero-order valence-corrected chi connectivity index (χ0v) is 10.7. The Balaban J connectivity index is 2.03. The van der Waals surface area contributed by atoms with Gasteiger partial charge in [0.25, 0.3) is 0 Å². The standard InChI is InChI=1S/C16H13NO3/c17-11-12-1-3-13(4-2-12)14-5-7-15(8-6-14)20-10-9-16(18)19/h1-8H,9-10H2,(H,18,19). The van der Waals surface area contributed by atoms with Crippen LogP contribution in [0.25, 0.3) is 11.1 Å². The number of hydrogen-bond acceptors (Lipinski definition) is 3. The predicted molar refractivity (Wildman–Crippen MR) is 74.3 cm³/mol. The Morgan fingerprint density at radius 2 is 1.60 bits per heavy atom. The van der Waals surface area contributed by atoms with Gasteiger partial charge in [-0.25, -0.2) is 0 Å². The number of hydrogen-bond donors (Lipinski definition) is 1. The molecule has 4 nitrogen and oxygen atoms in total. The van der Waals surface area contributed by atoms with Gasteiger partial charge in [-0.05, 0) is 35.4 Å². The third kappa shape index (κ3) is 3.59. The van der Waals surface area contributed by atoms with E-state index >= 15 is 0 Å². The summed E-state index contributed by atoms with van der Waals surface area (Å²) in [4.78, 5) is 10.4. The molecule has 4 heteroatoms. The topological polar surface area (TPSA) is 70.3 Å². The van der Waals surface area contributed by atoms with Crippen molar-refractivity contribution in [1.82, 2.24) is 0 Å². The maximum absolute atomic E-state index is 10.4. The van der Waals surface area contributed by atoms with E-state index in [9.17, 15) is 4.79 Å². The molecule has 20 heavy (non-hydrogen) atoms. The Kier molecular flexibility index (Phi) is 4.35. The Morgan fingerprint density at radius 1 is 1.05 bits per heavy atom. The van der Waals surface area contributed by atoms with Gasteiger partial charge in [0.2, 0.25) is 0 Å². The van der Waals surface area contributed by atoms with Crippen LogP contribution in [0.2, 0.25) is 0 Å². The van der Waals surface area contributed by atoms with Gasteiger partial charge in [0, 0.05) is 0 Å². The number of nitrogens with zero attached hydrogens (tertiary/aromatic N) is 1. The van der Waals surface area contributed by atoms with Gasteiger partial charge in [-0.15, -0.1) is 0 Å². The monoisotopic (exact) mass is 267 g/mol. The van der Waals surface area contributed by atoms with Gasteiger partial charge in [0.15, 0.2) is 0 Å². The first-order chi connectivity index (χ1) is 9.69. The molecule has 2 rings (SSSR count). The summed E-state index contributed by atoms with van der Waals surface area (Å²) in [5.74, 6) is -0.233. The fourth-order valence-electron chi connectivity index (χ4n) is 1.74. The van der Waals surface area contributed by atoms with Crippen molar-refractivity contribution in [3.05, 3.63) is 54.1 Å². The average Bonchev–Trinajstić information content (AvgIpc) is 2.48. The number of ether oxygens (including phenoxy) is 1. The van der Waals surface area contributed by atoms with Crippen molar-refractivity contribution in [1.29, 1.82) is 5.26 Å². The Labute approximate surface area is 116 Å². The second-order valence-electron chi connectivity index (χ2n) is 4.21. The average molecular weight is 267 g/mol. The Bertz CT molecular complexity index is 624. The highest BCUT2D eigenvalue weighted by Gasteiger charge is 2.01. The minimum Gasteiger partial charge on any atom is -0.493 e. The first-order valence-electron chi connectivity index (χ1n) is 6.14. The van der Waals surface area contributed by atoms with Crippen LogP contribution in [0.3, 0.4) is 0 Å². The molecule has 0 heterocycles. The van der Waals surface area contributed by atoms with E-state index < -0.39 is 5.97 Å². The first kappa shape index (κ1) is 13.6. The molecule has 2 aromatic carbocycles. The van der Waals surface area contributed by atoms with Crippen LogP contribution in [0.4, 0.5) is 0 Å². The third-order valence-electron chi connectivity index (χ3n) is 2.79. The molecule has 0 aliphatic rings. The summed E-state index contributed by atoms with van der Waals surface area (Å²) in [6.45, 7) is 0.158. The van der Waals surface area contributed by atoms with Crippen molar-refractivity contribution in [2.75, 3.05) is 6.61 Å². The van der Waals surface area contributed by atoms with Crippen LogP contribution < -0.4 is 4.74 Å². The summed E-state index contributed by atoms with van der Waals surface area (Å²) >= 11 is 0. The molecule has 2 aromatic rings. The summed E-state index contributed by atoms with van der Waals surface area (Å²) in [6.07, 6.45) is -0.0165. The quantitative estimate of drug-likeness (QED) is 0.903. The molecule has 0 aromatic heterocycles. The number of nitriles is 1. The second-order valence-corrected chi connectivity index (χ2v) is 4.21. The van der Waals surface area contributed by atoms with E-state index in [1.165, 1.54) is 0 Å². The molecule has 100 valence electrons. The van der Waals surface area contributed by atoms with Gasteiger partial charge in [0.05, 0.1) is 24.7 Å². The van der Waals surface area contributed by atoms with Gasteiger partial charge in [-0.2, -0.15) is 5.26 Å². The molecular formula is C16H13NO3. The van der Waals surface area contributed by atoms with Crippen molar-refractivity contribution in [3.63, 3.8) is 0 Å². The molecule has 0 fully saturated rings. The van der Waals surface area contributed by atoms with E-state index in [0.717, 1.165) is 11.1 Å². The lowest BCUT2D eigenvalue weighted by Crippen LogP contribution is -2.04. The van der Waals surface area contributed by atoms with Crippen LogP contribution >= 0.6 is 0 Å². The number of aliphatic carboxylic acids is 1.